The molecule has 0 amide bonds. The molecule has 1 saturated heterocycles. The number of hydrogen-bond acceptors (Lipinski definition) is 3. The maximum absolute atomic E-state index is 5.49. The smallest absolute Gasteiger partial charge is 0.0656 e. The van der Waals surface area contributed by atoms with E-state index in [-0.39, 0.29) is 0 Å². The molecule has 3 N–H and O–H groups in total. The number of aromatic amines is 1. The van der Waals surface area contributed by atoms with Crippen LogP contribution in [0.1, 0.15) is 36.6 Å². The number of nitrogens with two attached hydrogens (primary N) is 1. The van der Waals surface area contributed by atoms with Crippen LogP contribution in [-0.4, -0.2) is 28.2 Å². The Hall–Kier alpha value is -0.480. The lowest BCUT2D eigenvalue weighted by molar-refractivity contribution is 0.617. The standard InChI is InChI=1S/C11H19N3S/c12-5-1-2-10-8-11(14-13-10)9-3-6-15-7-4-9/h8-9H,1-7,12H2,(H,13,14). The molecule has 0 aliphatic carbocycles. The second-order valence-electron chi connectivity index (χ2n) is 4.10. The Morgan fingerprint density at radius 2 is 2.27 bits per heavy atom. The third kappa shape index (κ3) is 2.98. The first-order valence-electron chi connectivity index (χ1n) is 5.72. The fourth-order valence-corrected chi connectivity index (χ4v) is 3.11. The fourth-order valence-electron chi connectivity index (χ4n) is 2.00. The van der Waals surface area contributed by atoms with Gasteiger partial charge in [0, 0.05) is 11.6 Å². The van der Waals surface area contributed by atoms with Gasteiger partial charge in [-0.2, -0.15) is 16.9 Å². The van der Waals surface area contributed by atoms with Crippen LogP contribution in [0.5, 0.6) is 0 Å². The van der Waals surface area contributed by atoms with Gasteiger partial charge in [0.25, 0.3) is 0 Å². The second-order valence-corrected chi connectivity index (χ2v) is 5.32. The SMILES string of the molecule is NCCCc1cc(C2CCSCC2)n[nH]1. The van der Waals surface area contributed by atoms with E-state index >= 15 is 0 Å². The molecule has 3 nitrogen and oxygen atoms in total. The van der Waals surface area contributed by atoms with E-state index in [2.05, 4.69) is 28.0 Å². The largest absolute Gasteiger partial charge is 0.330 e. The molecule has 1 fully saturated rings. The minimum atomic E-state index is 0.689. The summed E-state index contributed by atoms with van der Waals surface area (Å²) in [5.41, 5.74) is 8.00. The van der Waals surface area contributed by atoms with Crippen LogP contribution in [0.25, 0.3) is 0 Å². The molecule has 15 heavy (non-hydrogen) atoms. The molecule has 0 atom stereocenters. The van der Waals surface area contributed by atoms with Crippen molar-refractivity contribution in [2.24, 2.45) is 5.73 Å². The molecular weight excluding hydrogens is 206 g/mol. The number of nitrogens with zero attached hydrogens (tertiary/aromatic N) is 1. The summed E-state index contributed by atoms with van der Waals surface area (Å²) in [7, 11) is 0. The van der Waals surface area contributed by atoms with Crippen molar-refractivity contribution in [1.82, 2.24) is 10.2 Å². The first kappa shape index (κ1) is 11.0. The molecule has 1 aromatic heterocycles. The van der Waals surface area contributed by atoms with Gasteiger partial charge in [-0.1, -0.05) is 0 Å². The van der Waals surface area contributed by atoms with Gasteiger partial charge in [0.05, 0.1) is 5.69 Å². The third-order valence-corrected chi connectivity index (χ3v) is 3.99. The van der Waals surface area contributed by atoms with E-state index in [1.54, 1.807) is 0 Å². The van der Waals surface area contributed by atoms with Crippen molar-refractivity contribution in [3.8, 4) is 0 Å². The minimum absolute atomic E-state index is 0.689. The van der Waals surface area contributed by atoms with Gasteiger partial charge in [-0.05, 0) is 49.8 Å². The highest BCUT2D eigenvalue weighted by molar-refractivity contribution is 7.99. The molecular formula is C11H19N3S. The van der Waals surface area contributed by atoms with E-state index in [4.69, 9.17) is 5.73 Å². The lowest BCUT2D eigenvalue weighted by atomic mass is 9.98. The minimum Gasteiger partial charge on any atom is -0.330 e. The predicted octanol–water partition coefficient (Wildman–Crippen LogP) is 1.91. The quantitative estimate of drug-likeness (QED) is 0.823. The van der Waals surface area contributed by atoms with E-state index in [1.165, 1.54) is 35.7 Å². The molecule has 0 bridgehead atoms. The predicted molar refractivity (Wildman–Crippen MR) is 65.3 cm³/mol. The summed E-state index contributed by atoms with van der Waals surface area (Å²) >= 11 is 2.06. The lowest BCUT2D eigenvalue weighted by Gasteiger charge is -2.18. The Balaban J connectivity index is 1.93. The van der Waals surface area contributed by atoms with E-state index in [1.807, 2.05) is 0 Å². The zero-order valence-corrected chi connectivity index (χ0v) is 9.85. The first-order valence-corrected chi connectivity index (χ1v) is 6.87. The molecule has 2 rings (SSSR count). The monoisotopic (exact) mass is 225 g/mol. The van der Waals surface area contributed by atoms with E-state index in [0.717, 1.165) is 19.4 Å². The van der Waals surface area contributed by atoms with Gasteiger partial charge in [-0.25, -0.2) is 0 Å². The molecule has 1 aliphatic heterocycles. The van der Waals surface area contributed by atoms with Crippen LogP contribution in [0.2, 0.25) is 0 Å². The van der Waals surface area contributed by atoms with Gasteiger partial charge in [0.1, 0.15) is 0 Å². The average Bonchev–Trinajstić information content (AvgIpc) is 2.76. The summed E-state index contributed by atoms with van der Waals surface area (Å²) in [5, 5.41) is 7.54. The molecule has 2 heterocycles. The summed E-state index contributed by atoms with van der Waals surface area (Å²) in [6.45, 7) is 0.758. The Labute approximate surface area is 95.2 Å². The van der Waals surface area contributed by atoms with Crippen LogP contribution in [0, 0.1) is 0 Å². The molecule has 0 saturated carbocycles. The lowest BCUT2D eigenvalue weighted by Crippen LogP contribution is -2.07. The van der Waals surface area contributed by atoms with Gasteiger partial charge in [-0.15, -0.1) is 0 Å². The molecule has 1 aliphatic rings. The molecule has 0 radical (unpaired) electrons. The van der Waals surface area contributed by atoms with Crippen LogP contribution < -0.4 is 5.73 Å². The number of hydrogen-bond donors (Lipinski definition) is 2. The van der Waals surface area contributed by atoms with Crippen molar-refractivity contribution in [2.75, 3.05) is 18.1 Å². The van der Waals surface area contributed by atoms with E-state index in [9.17, 15) is 0 Å². The topological polar surface area (TPSA) is 54.7 Å². The molecule has 0 unspecified atom stereocenters. The van der Waals surface area contributed by atoms with Crippen LogP contribution in [0.4, 0.5) is 0 Å². The summed E-state index contributed by atoms with van der Waals surface area (Å²) in [5.74, 6) is 3.26. The highest BCUT2D eigenvalue weighted by atomic mass is 32.2. The maximum atomic E-state index is 5.49. The summed E-state index contributed by atoms with van der Waals surface area (Å²) in [6.07, 6.45) is 4.64. The Morgan fingerprint density at radius 3 is 3.00 bits per heavy atom. The van der Waals surface area contributed by atoms with Crippen molar-refractivity contribution < 1.29 is 0 Å². The highest BCUT2D eigenvalue weighted by Gasteiger charge is 2.18. The van der Waals surface area contributed by atoms with Crippen LogP contribution >= 0.6 is 11.8 Å². The normalized spacial score (nSPS) is 18.2. The number of aromatic nitrogens is 2. The van der Waals surface area contributed by atoms with Crippen molar-refractivity contribution >= 4 is 11.8 Å². The highest BCUT2D eigenvalue weighted by Crippen LogP contribution is 2.30. The van der Waals surface area contributed by atoms with Gasteiger partial charge in [0.2, 0.25) is 0 Å². The zero-order valence-electron chi connectivity index (χ0n) is 9.04. The van der Waals surface area contributed by atoms with Crippen LogP contribution in [0.15, 0.2) is 6.07 Å². The number of nitrogens with one attached hydrogen (secondary N) is 1. The zero-order chi connectivity index (χ0) is 10.5. The summed E-state index contributed by atoms with van der Waals surface area (Å²) < 4.78 is 0. The molecule has 84 valence electrons. The van der Waals surface area contributed by atoms with E-state index < -0.39 is 0 Å². The average molecular weight is 225 g/mol. The van der Waals surface area contributed by atoms with Crippen molar-refractivity contribution in [2.45, 2.75) is 31.6 Å². The number of aryl methyl sites for hydroxylation is 1. The van der Waals surface area contributed by atoms with Crippen LogP contribution in [0.3, 0.4) is 0 Å². The number of H-pyrrole nitrogens is 1. The van der Waals surface area contributed by atoms with Gasteiger partial charge >= 0.3 is 0 Å². The summed E-state index contributed by atoms with van der Waals surface area (Å²) in [4.78, 5) is 0. The van der Waals surface area contributed by atoms with Crippen molar-refractivity contribution in [3.05, 3.63) is 17.5 Å². The molecule has 0 aromatic carbocycles. The van der Waals surface area contributed by atoms with Gasteiger partial charge in [0.15, 0.2) is 0 Å². The second kappa shape index (κ2) is 5.56. The van der Waals surface area contributed by atoms with Crippen LogP contribution in [-0.2, 0) is 6.42 Å². The Morgan fingerprint density at radius 1 is 1.47 bits per heavy atom. The van der Waals surface area contributed by atoms with Crippen molar-refractivity contribution in [3.63, 3.8) is 0 Å². The first-order chi connectivity index (χ1) is 7.40. The van der Waals surface area contributed by atoms with Crippen molar-refractivity contribution in [1.29, 1.82) is 0 Å². The number of rotatable bonds is 4. The Bertz CT molecular complexity index is 292. The van der Waals surface area contributed by atoms with Gasteiger partial charge < -0.3 is 5.73 Å². The maximum Gasteiger partial charge on any atom is 0.0656 e. The number of thioether (sulfide) groups is 1. The van der Waals surface area contributed by atoms with Gasteiger partial charge in [-0.3, -0.25) is 5.10 Å². The Kier molecular flexibility index (Phi) is 4.09. The molecule has 1 aromatic rings. The third-order valence-electron chi connectivity index (χ3n) is 2.94. The fraction of sp³-hybridized carbons (Fsp3) is 0.727. The van der Waals surface area contributed by atoms with E-state index in [0.29, 0.717) is 5.92 Å². The molecule has 4 heteroatoms. The molecule has 0 spiro atoms. The summed E-state index contributed by atoms with van der Waals surface area (Å²) in [6, 6.07) is 2.23.